The van der Waals surface area contributed by atoms with Crippen molar-refractivity contribution in [2.24, 2.45) is 0 Å². The SMILES string of the molecule is CCC1Oc2ccc(-c3csc(-c4ccccn4)n3)cc2N(C(C)C(=O)Nc2ccccc2)C1=O. The van der Waals surface area contributed by atoms with Gasteiger partial charge in [-0.2, -0.15) is 0 Å². The number of aromatic nitrogens is 2. The van der Waals surface area contributed by atoms with E-state index in [1.807, 2.05) is 79.0 Å². The standard InChI is InChI=1S/C27H24N4O3S/c1-3-23-27(33)31(17(2)25(32)29-19-9-5-4-6-10-19)22-15-18(12-13-24(22)34-23)21-16-35-26(30-21)20-11-7-8-14-28-20/h4-17,23H,3H2,1-2H3,(H,29,32). The predicted octanol–water partition coefficient (Wildman–Crippen LogP) is 5.40. The van der Waals surface area contributed by atoms with Crippen molar-refractivity contribution in [1.82, 2.24) is 9.97 Å². The van der Waals surface area contributed by atoms with Crippen LogP contribution in [0.15, 0.2) is 78.3 Å². The maximum absolute atomic E-state index is 13.4. The third kappa shape index (κ3) is 4.52. The van der Waals surface area contributed by atoms with Crippen LogP contribution in [0.2, 0.25) is 0 Å². The molecule has 2 unspecified atom stereocenters. The number of ether oxygens (including phenoxy) is 1. The first-order chi connectivity index (χ1) is 17.0. The highest BCUT2D eigenvalue weighted by Gasteiger charge is 2.38. The number of pyridine rings is 1. The lowest BCUT2D eigenvalue weighted by atomic mass is 10.0. The van der Waals surface area contributed by atoms with E-state index >= 15 is 0 Å². The zero-order chi connectivity index (χ0) is 24.4. The lowest BCUT2D eigenvalue weighted by molar-refractivity contribution is -0.129. The minimum atomic E-state index is -0.742. The Morgan fingerprint density at radius 1 is 1.11 bits per heavy atom. The van der Waals surface area contributed by atoms with Crippen LogP contribution in [0.5, 0.6) is 5.75 Å². The summed E-state index contributed by atoms with van der Waals surface area (Å²) in [5, 5.41) is 5.67. The topological polar surface area (TPSA) is 84.4 Å². The first-order valence-electron chi connectivity index (χ1n) is 11.4. The van der Waals surface area contributed by atoms with Gasteiger partial charge in [0.2, 0.25) is 5.91 Å². The fraction of sp³-hybridized carbons (Fsp3) is 0.185. The van der Waals surface area contributed by atoms with Crippen molar-refractivity contribution in [1.29, 1.82) is 0 Å². The molecule has 2 amide bonds. The molecule has 1 aliphatic heterocycles. The predicted molar refractivity (Wildman–Crippen MR) is 138 cm³/mol. The number of thiazole rings is 1. The van der Waals surface area contributed by atoms with Gasteiger partial charge in [-0.05, 0) is 55.8 Å². The average Bonchev–Trinajstić information content (AvgIpc) is 3.39. The molecule has 0 fully saturated rings. The summed E-state index contributed by atoms with van der Waals surface area (Å²) in [6.45, 7) is 3.62. The average molecular weight is 485 g/mol. The number of carbonyl (C=O) groups excluding carboxylic acids is 2. The van der Waals surface area contributed by atoms with Crippen molar-refractivity contribution in [3.05, 3.63) is 78.3 Å². The van der Waals surface area contributed by atoms with Crippen LogP contribution in [0.4, 0.5) is 11.4 Å². The van der Waals surface area contributed by atoms with Gasteiger partial charge in [0.15, 0.2) is 6.10 Å². The maximum atomic E-state index is 13.4. The maximum Gasteiger partial charge on any atom is 0.268 e. The van der Waals surface area contributed by atoms with E-state index in [0.29, 0.717) is 23.5 Å². The van der Waals surface area contributed by atoms with Crippen LogP contribution in [-0.2, 0) is 9.59 Å². The summed E-state index contributed by atoms with van der Waals surface area (Å²) in [7, 11) is 0. The second-order valence-corrected chi connectivity index (χ2v) is 9.05. The number of anilines is 2. The molecule has 0 radical (unpaired) electrons. The van der Waals surface area contributed by atoms with Crippen molar-refractivity contribution < 1.29 is 14.3 Å². The fourth-order valence-corrected chi connectivity index (χ4v) is 4.80. The molecule has 7 nitrogen and oxygen atoms in total. The molecule has 8 heteroatoms. The van der Waals surface area contributed by atoms with Gasteiger partial charge >= 0.3 is 0 Å². The quantitative estimate of drug-likeness (QED) is 0.396. The zero-order valence-electron chi connectivity index (χ0n) is 19.3. The summed E-state index contributed by atoms with van der Waals surface area (Å²) in [5.41, 5.74) is 3.63. The molecule has 1 N–H and O–H groups in total. The highest BCUT2D eigenvalue weighted by molar-refractivity contribution is 7.13. The third-order valence-electron chi connectivity index (χ3n) is 5.86. The van der Waals surface area contributed by atoms with E-state index in [9.17, 15) is 9.59 Å². The second kappa shape index (κ2) is 9.68. The van der Waals surface area contributed by atoms with Crippen molar-refractivity contribution in [3.63, 3.8) is 0 Å². The van der Waals surface area contributed by atoms with Gasteiger partial charge in [0.1, 0.15) is 16.8 Å². The summed E-state index contributed by atoms with van der Waals surface area (Å²) in [6, 6.07) is 19.8. The van der Waals surface area contributed by atoms with Gasteiger partial charge < -0.3 is 10.1 Å². The Bertz CT molecular complexity index is 1360. The van der Waals surface area contributed by atoms with Gasteiger partial charge in [0.25, 0.3) is 5.91 Å². The van der Waals surface area contributed by atoms with Gasteiger partial charge in [-0.25, -0.2) is 4.98 Å². The van der Waals surface area contributed by atoms with Gasteiger partial charge in [-0.1, -0.05) is 31.2 Å². The van der Waals surface area contributed by atoms with Gasteiger partial charge in [-0.3, -0.25) is 19.5 Å². The summed E-state index contributed by atoms with van der Waals surface area (Å²) in [5.74, 6) is 0.0591. The first kappa shape index (κ1) is 22.7. The Morgan fingerprint density at radius 3 is 2.66 bits per heavy atom. The lowest BCUT2D eigenvalue weighted by Crippen LogP contribution is -2.53. The van der Waals surface area contributed by atoms with Gasteiger partial charge in [0, 0.05) is 22.8 Å². The van der Waals surface area contributed by atoms with Crippen LogP contribution in [0.3, 0.4) is 0 Å². The molecular formula is C27H24N4O3S. The number of fused-ring (bicyclic) bond motifs is 1. The monoisotopic (exact) mass is 484 g/mol. The molecule has 2 aromatic carbocycles. The third-order valence-corrected chi connectivity index (χ3v) is 6.73. The number of rotatable bonds is 6. The molecule has 35 heavy (non-hydrogen) atoms. The molecule has 0 spiro atoms. The summed E-state index contributed by atoms with van der Waals surface area (Å²) < 4.78 is 5.99. The highest BCUT2D eigenvalue weighted by atomic mass is 32.1. The van der Waals surface area contributed by atoms with E-state index in [2.05, 4.69) is 10.3 Å². The number of amides is 2. The van der Waals surface area contributed by atoms with E-state index in [0.717, 1.165) is 22.0 Å². The van der Waals surface area contributed by atoms with Gasteiger partial charge in [-0.15, -0.1) is 11.3 Å². The number of nitrogens with one attached hydrogen (secondary N) is 1. The Balaban J connectivity index is 1.49. The zero-order valence-corrected chi connectivity index (χ0v) is 20.2. The second-order valence-electron chi connectivity index (χ2n) is 8.19. The van der Waals surface area contributed by atoms with Crippen LogP contribution in [0, 0.1) is 0 Å². The molecule has 4 aromatic rings. The molecule has 0 aliphatic carbocycles. The number of carbonyl (C=O) groups is 2. The molecule has 2 atom stereocenters. The van der Waals surface area contributed by atoms with Crippen molar-refractivity contribution in [2.45, 2.75) is 32.4 Å². The van der Waals surface area contributed by atoms with Crippen LogP contribution in [0.25, 0.3) is 22.0 Å². The molecule has 2 aromatic heterocycles. The minimum absolute atomic E-state index is 0.236. The first-order valence-corrected chi connectivity index (χ1v) is 12.3. The van der Waals surface area contributed by atoms with Crippen LogP contribution in [0.1, 0.15) is 20.3 Å². The molecule has 176 valence electrons. The number of hydrogen-bond acceptors (Lipinski definition) is 6. The summed E-state index contributed by atoms with van der Waals surface area (Å²) in [4.78, 5) is 37.1. The Morgan fingerprint density at radius 2 is 1.91 bits per heavy atom. The van der Waals surface area contributed by atoms with E-state index in [-0.39, 0.29) is 11.8 Å². The van der Waals surface area contributed by atoms with Crippen molar-refractivity contribution in [2.75, 3.05) is 10.2 Å². The van der Waals surface area contributed by atoms with Crippen molar-refractivity contribution >= 4 is 34.5 Å². The lowest BCUT2D eigenvalue weighted by Gasteiger charge is -2.37. The molecule has 0 saturated carbocycles. The van der Waals surface area contributed by atoms with Crippen LogP contribution >= 0.6 is 11.3 Å². The fourth-order valence-electron chi connectivity index (χ4n) is 4.00. The molecule has 0 saturated heterocycles. The van der Waals surface area contributed by atoms with Crippen LogP contribution < -0.4 is 15.0 Å². The number of nitrogens with zero attached hydrogens (tertiary/aromatic N) is 3. The van der Waals surface area contributed by atoms with Crippen LogP contribution in [-0.4, -0.2) is 33.9 Å². The number of hydrogen-bond donors (Lipinski definition) is 1. The molecule has 3 heterocycles. The highest BCUT2D eigenvalue weighted by Crippen LogP contribution is 2.40. The smallest absolute Gasteiger partial charge is 0.268 e. The number of benzene rings is 2. The molecule has 0 bridgehead atoms. The largest absolute Gasteiger partial charge is 0.478 e. The molecule has 1 aliphatic rings. The molecular weight excluding hydrogens is 460 g/mol. The van der Waals surface area contributed by atoms with E-state index in [4.69, 9.17) is 9.72 Å². The van der Waals surface area contributed by atoms with E-state index < -0.39 is 12.1 Å². The summed E-state index contributed by atoms with van der Waals surface area (Å²) in [6.07, 6.45) is 1.60. The van der Waals surface area contributed by atoms with Gasteiger partial charge in [0.05, 0.1) is 17.1 Å². The Kier molecular flexibility index (Phi) is 6.29. The molecule has 5 rings (SSSR count). The van der Waals surface area contributed by atoms with E-state index in [1.165, 1.54) is 11.3 Å². The Hall–Kier alpha value is -4.04. The Labute approximate surface area is 207 Å². The van der Waals surface area contributed by atoms with Crippen molar-refractivity contribution in [3.8, 4) is 27.7 Å². The summed E-state index contributed by atoms with van der Waals surface area (Å²) >= 11 is 1.50. The normalized spacial score (nSPS) is 15.8. The minimum Gasteiger partial charge on any atom is -0.478 e. The van der Waals surface area contributed by atoms with E-state index in [1.54, 1.807) is 18.0 Å². The number of para-hydroxylation sites is 1.